The minimum Gasteiger partial charge on any atom is -0.481 e. The van der Waals surface area contributed by atoms with Crippen LogP contribution >= 0.6 is 0 Å². The van der Waals surface area contributed by atoms with E-state index in [0.29, 0.717) is 0 Å². The molecule has 4 rings (SSSR count). The second-order valence-electron chi connectivity index (χ2n) is 6.88. The van der Waals surface area contributed by atoms with Crippen LogP contribution in [0.1, 0.15) is 36.5 Å². The smallest absolute Gasteiger partial charge is 0.306 e. The van der Waals surface area contributed by atoms with Gasteiger partial charge in [0.15, 0.2) is 0 Å². The van der Waals surface area contributed by atoms with E-state index < -0.39 is 5.97 Å². The molecule has 0 unspecified atom stereocenters. The number of piperidine rings is 1. The Labute approximate surface area is 142 Å². The van der Waals surface area contributed by atoms with Crippen LogP contribution in [0.4, 0.5) is 5.69 Å². The summed E-state index contributed by atoms with van der Waals surface area (Å²) in [6.07, 6.45) is 3.53. The maximum atomic E-state index is 11.2. The second kappa shape index (κ2) is 5.97. The van der Waals surface area contributed by atoms with Crippen LogP contribution in [-0.2, 0) is 17.6 Å². The van der Waals surface area contributed by atoms with Crippen LogP contribution in [0.25, 0.3) is 11.1 Å². The highest BCUT2D eigenvalue weighted by molar-refractivity contribution is 5.81. The summed E-state index contributed by atoms with van der Waals surface area (Å²) in [5, 5.41) is 9.20. The van der Waals surface area contributed by atoms with Crippen molar-refractivity contribution < 1.29 is 9.90 Å². The van der Waals surface area contributed by atoms with Crippen molar-refractivity contribution in [3.8, 4) is 11.1 Å². The number of nitrogens with zero attached hydrogens (tertiary/aromatic N) is 1. The third kappa shape index (κ3) is 2.39. The molecule has 0 amide bonds. The predicted octanol–water partition coefficient (Wildman–Crippen LogP) is 4.12. The Balaban J connectivity index is 1.67. The minimum atomic E-state index is -0.644. The molecule has 124 valence electrons. The fourth-order valence-electron chi connectivity index (χ4n) is 4.32. The van der Waals surface area contributed by atoms with Crippen LogP contribution in [0.3, 0.4) is 0 Å². The van der Waals surface area contributed by atoms with Crippen molar-refractivity contribution in [2.24, 2.45) is 5.92 Å². The van der Waals surface area contributed by atoms with Crippen molar-refractivity contribution in [1.82, 2.24) is 0 Å². The van der Waals surface area contributed by atoms with Gasteiger partial charge in [-0.3, -0.25) is 4.79 Å². The van der Waals surface area contributed by atoms with Gasteiger partial charge in [-0.25, -0.2) is 0 Å². The van der Waals surface area contributed by atoms with Crippen molar-refractivity contribution in [1.29, 1.82) is 0 Å². The molecule has 0 bridgehead atoms. The molecule has 0 radical (unpaired) electrons. The maximum Gasteiger partial charge on any atom is 0.306 e. The second-order valence-corrected chi connectivity index (χ2v) is 6.88. The number of rotatable bonds is 3. The number of anilines is 1. The fourth-order valence-corrected chi connectivity index (χ4v) is 4.32. The van der Waals surface area contributed by atoms with Crippen LogP contribution in [-0.4, -0.2) is 24.2 Å². The van der Waals surface area contributed by atoms with Crippen molar-refractivity contribution >= 4 is 11.7 Å². The van der Waals surface area contributed by atoms with Gasteiger partial charge in [0.25, 0.3) is 0 Å². The van der Waals surface area contributed by atoms with Gasteiger partial charge in [0.05, 0.1) is 5.92 Å². The predicted molar refractivity (Wildman–Crippen MR) is 96.6 cm³/mol. The highest BCUT2D eigenvalue weighted by atomic mass is 16.4. The van der Waals surface area contributed by atoms with Gasteiger partial charge in [-0.15, -0.1) is 0 Å². The van der Waals surface area contributed by atoms with E-state index in [0.717, 1.165) is 38.8 Å². The Morgan fingerprint density at radius 1 is 1.12 bits per heavy atom. The van der Waals surface area contributed by atoms with Gasteiger partial charge in [-0.05, 0) is 59.6 Å². The standard InChI is InChI=1S/C21H23NO2/c1-2-16-19-13-15-5-3-4-6-17(15)18(19)7-8-20(16)22-11-9-14(10-12-22)21(23)24/h3-8,14H,2,9-13H2,1H3,(H,23,24). The molecule has 24 heavy (non-hydrogen) atoms. The quantitative estimate of drug-likeness (QED) is 0.789. The highest BCUT2D eigenvalue weighted by Crippen LogP contribution is 2.42. The summed E-state index contributed by atoms with van der Waals surface area (Å²) in [4.78, 5) is 13.6. The molecular weight excluding hydrogens is 298 g/mol. The number of aliphatic carboxylic acids is 1. The van der Waals surface area contributed by atoms with Gasteiger partial charge < -0.3 is 10.0 Å². The Morgan fingerprint density at radius 2 is 1.88 bits per heavy atom. The van der Waals surface area contributed by atoms with Crippen LogP contribution in [0.2, 0.25) is 0 Å². The third-order valence-corrected chi connectivity index (χ3v) is 5.62. The Kier molecular flexibility index (Phi) is 3.79. The molecule has 0 atom stereocenters. The normalized spacial score (nSPS) is 16.8. The van der Waals surface area contributed by atoms with Gasteiger partial charge in [-0.1, -0.05) is 37.3 Å². The summed E-state index contributed by atoms with van der Waals surface area (Å²) in [5.74, 6) is -0.820. The van der Waals surface area contributed by atoms with E-state index in [2.05, 4.69) is 48.2 Å². The molecule has 0 spiro atoms. The van der Waals surface area contributed by atoms with Crippen molar-refractivity contribution in [2.45, 2.75) is 32.6 Å². The lowest BCUT2D eigenvalue weighted by Gasteiger charge is -2.34. The minimum absolute atomic E-state index is 0.176. The van der Waals surface area contributed by atoms with E-state index in [1.165, 1.54) is 33.5 Å². The van der Waals surface area contributed by atoms with E-state index in [1.54, 1.807) is 0 Å². The van der Waals surface area contributed by atoms with Crippen LogP contribution < -0.4 is 4.90 Å². The molecule has 1 saturated heterocycles. The Bertz CT molecular complexity index is 788. The van der Waals surface area contributed by atoms with E-state index in [-0.39, 0.29) is 5.92 Å². The first-order chi connectivity index (χ1) is 11.7. The first-order valence-electron chi connectivity index (χ1n) is 8.89. The zero-order valence-corrected chi connectivity index (χ0v) is 14.1. The summed E-state index contributed by atoms with van der Waals surface area (Å²) in [6.45, 7) is 3.91. The summed E-state index contributed by atoms with van der Waals surface area (Å²) >= 11 is 0. The first-order valence-corrected chi connectivity index (χ1v) is 8.89. The molecule has 1 aliphatic carbocycles. The Morgan fingerprint density at radius 3 is 2.58 bits per heavy atom. The number of hydrogen-bond donors (Lipinski definition) is 1. The molecule has 0 saturated carbocycles. The molecule has 3 heteroatoms. The van der Waals surface area contributed by atoms with Gasteiger partial charge in [0.2, 0.25) is 0 Å². The number of benzene rings is 2. The molecule has 2 aromatic carbocycles. The summed E-state index contributed by atoms with van der Waals surface area (Å²) in [7, 11) is 0. The molecule has 1 aliphatic heterocycles. The van der Waals surface area contributed by atoms with Gasteiger partial charge in [0.1, 0.15) is 0 Å². The molecule has 0 aromatic heterocycles. The van der Waals surface area contributed by atoms with Gasteiger partial charge in [0, 0.05) is 18.8 Å². The lowest BCUT2D eigenvalue weighted by molar-refractivity contribution is -0.142. The zero-order valence-electron chi connectivity index (χ0n) is 14.1. The van der Waals surface area contributed by atoms with E-state index >= 15 is 0 Å². The number of carbonyl (C=O) groups is 1. The fraction of sp³-hybridized carbons (Fsp3) is 0.381. The maximum absolute atomic E-state index is 11.2. The zero-order chi connectivity index (χ0) is 16.7. The molecule has 2 aliphatic rings. The molecule has 1 heterocycles. The average molecular weight is 321 g/mol. The van der Waals surface area contributed by atoms with Crippen LogP contribution in [0, 0.1) is 5.92 Å². The monoisotopic (exact) mass is 321 g/mol. The average Bonchev–Trinajstić information content (AvgIpc) is 2.99. The molecular formula is C21H23NO2. The summed E-state index contributed by atoms with van der Waals surface area (Å²) in [6, 6.07) is 13.2. The van der Waals surface area contributed by atoms with E-state index in [1.807, 2.05) is 0 Å². The highest BCUT2D eigenvalue weighted by Gasteiger charge is 2.28. The van der Waals surface area contributed by atoms with Crippen molar-refractivity contribution in [3.05, 3.63) is 53.1 Å². The first kappa shape index (κ1) is 15.3. The molecule has 3 nitrogen and oxygen atoms in total. The number of fused-ring (bicyclic) bond motifs is 3. The van der Waals surface area contributed by atoms with Crippen LogP contribution in [0.15, 0.2) is 36.4 Å². The summed E-state index contributed by atoms with van der Waals surface area (Å²) in [5.41, 5.74) is 8.40. The van der Waals surface area contributed by atoms with Crippen molar-refractivity contribution in [3.63, 3.8) is 0 Å². The molecule has 1 N–H and O–H groups in total. The van der Waals surface area contributed by atoms with E-state index in [4.69, 9.17) is 0 Å². The molecule has 2 aromatic rings. The van der Waals surface area contributed by atoms with E-state index in [9.17, 15) is 9.90 Å². The van der Waals surface area contributed by atoms with Gasteiger partial charge in [-0.2, -0.15) is 0 Å². The largest absolute Gasteiger partial charge is 0.481 e. The summed E-state index contributed by atoms with van der Waals surface area (Å²) < 4.78 is 0. The Hall–Kier alpha value is -2.29. The number of hydrogen-bond acceptors (Lipinski definition) is 2. The lowest BCUT2D eigenvalue weighted by Crippen LogP contribution is -2.36. The molecule has 1 fully saturated rings. The lowest BCUT2D eigenvalue weighted by atomic mass is 9.93. The number of carboxylic acids is 1. The van der Waals surface area contributed by atoms with Crippen molar-refractivity contribution in [2.75, 3.05) is 18.0 Å². The SMILES string of the molecule is CCc1c(N2CCC(C(=O)O)CC2)ccc2c1Cc1ccccc1-2. The third-order valence-electron chi connectivity index (χ3n) is 5.62. The number of carboxylic acid groups (broad SMARTS) is 1. The van der Waals surface area contributed by atoms with Crippen LogP contribution in [0.5, 0.6) is 0 Å². The van der Waals surface area contributed by atoms with Gasteiger partial charge >= 0.3 is 5.97 Å². The topological polar surface area (TPSA) is 40.5 Å².